The van der Waals surface area contributed by atoms with E-state index in [-0.39, 0.29) is 24.6 Å². The van der Waals surface area contributed by atoms with Gasteiger partial charge >= 0.3 is 0 Å². The molecule has 2 N–H and O–H groups in total. The first-order valence-corrected chi connectivity index (χ1v) is 9.28. The largest absolute Gasteiger partial charge is 0.381 e. The lowest BCUT2D eigenvalue weighted by atomic mass is 9.94. The lowest BCUT2D eigenvalue weighted by Crippen LogP contribution is -2.57. The summed E-state index contributed by atoms with van der Waals surface area (Å²) in [5.41, 5.74) is 5.81. The van der Waals surface area contributed by atoms with Gasteiger partial charge in [-0.1, -0.05) is 13.8 Å². The van der Waals surface area contributed by atoms with Crippen LogP contribution in [0.2, 0.25) is 0 Å². The van der Waals surface area contributed by atoms with Crippen LogP contribution >= 0.6 is 12.4 Å². The van der Waals surface area contributed by atoms with E-state index in [4.69, 9.17) is 10.5 Å². The molecule has 0 saturated carbocycles. The van der Waals surface area contributed by atoms with Gasteiger partial charge in [0.2, 0.25) is 0 Å². The van der Waals surface area contributed by atoms with E-state index < -0.39 is 10.2 Å². The quantitative estimate of drug-likeness (QED) is 0.818. The van der Waals surface area contributed by atoms with Gasteiger partial charge in [0, 0.05) is 39.3 Å². The van der Waals surface area contributed by atoms with Crippen molar-refractivity contribution in [1.82, 2.24) is 8.61 Å². The van der Waals surface area contributed by atoms with Crippen LogP contribution < -0.4 is 5.73 Å². The Morgan fingerprint density at radius 2 is 1.77 bits per heavy atom. The van der Waals surface area contributed by atoms with Gasteiger partial charge in [0.15, 0.2) is 0 Å². The Labute approximate surface area is 140 Å². The fourth-order valence-corrected chi connectivity index (χ4v) is 5.73. The highest BCUT2D eigenvalue weighted by Crippen LogP contribution is 2.28. The normalized spacial score (nSPS) is 35.1. The Hall–Kier alpha value is 0.0800. The lowest BCUT2D eigenvalue weighted by molar-refractivity contribution is 0.0375. The van der Waals surface area contributed by atoms with Crippen molar-refractivity contribution in [2.24, 2.45) is 17.6 Å². The van der Waals surface area contributed by atoms with Crippen molar-refractivity contribution < 1.29 is 13.2 Å². The van der Waals surface area contributed by atoms with Gasteiger partial charge in [-0.05, 0) is 31.1 Å². The van der Waals surface area contributed by atoms with E-state index in [1.807, 2.05) is 0 Å². The van der Waals surface area contributed by atoms with E-state index in [0.717, 1.165) is 12.8 Å². The number of hydrogen-bond acceptors (Lipinski definition) is 4. The van der Waals surface area contributed by atoms with Crippen LogP contribution in [0.4, 0.5) is 0 Å². The molecule has 0 amide bonds. The average molecular weight is 356 g/mol. The zero-order valence-corrected chi connectivity index (χ0v) is 15.4. The van der Waals surface area contributed by atoms with Crippen molar-refractivity contribution in [3.05, 3.63) is 0 Å². The minimum atomic E-state index is -3.41. The number of hydrogen-bond donors (Lipinski definition) is 1. The molecule has 0 radical (unpaired) electrons. The van der Waals surface area contributed by atoms with Gasteiger partial charge < -0.3 is 10.5 Å². The maximum Gasteiger partial charge on any atom is 0.282 e. The van der Waals surface area contributed by atoms with E-state index in [9.17, 15) is 8.42 Å². The van der Waals surface area contributed by atoms with Crippen molar-refractivity contribution in [3.8, 4) is 0 Å². The molecule has 22 heavy (non-hydrogen) atoms. The molecule has 0 aliphatic carbocycles. The van der Waals surface area contributed by atoms with Crippen LogP contribution in [0.15, 0.2) is 0 Å². The summed E-state index contributed by atoms with van der Waals surface area (Å²) < 4.78 is 34.5. The third-order valence-corrected chi connectivity index (χ3v) is 6.70. The fraction of sp³-hybridized carbons (Fsp3) is 1.00. The van der Waals surface area contributed by atoms with Crippen molar-refractivity contribution in [3.63, 3.8) is 0 Å². The Morgan fingerprint density at radius 3 is 2.27 bits per heavy atom. The number of piperidine rings is 2. The molecule has 0 bridgehead atoms. The van der Waals surface area contributed by atoms with Crippen LogP contribution in [-0.2, 0) is 14.9 Å². The maximum atomic E-state index is 13.0. The number of rotatable bonds is 4. The molecule has 2 aliphatic heterocycles. The van der Waals surface area contributed by atoms with Gasteiger partial charge in [-0.3, -0.25) is 0 Å². The minimum absolute atomic E-state index is 0. The van der Waals surface area contributed by atoms with Crippen molar-refractivity contribution in [2.75, 3.05) is 33.3 Å². The fourth-order valence-electron chi connectivity index (χ4n) is 3.67. The standard InChI is InChI=1S/C14H29N3O3S.ClH/c1-11-6-12(2)10-16(9-11)21(18,19)17-5-4-14(20-3)7-13(17)8-15;/h11-14H,4-10,15H2,1-3H3;1H. The van der Waals surface area contributed by atoms with Crippen molar-refractivity contribution in [2.45, 2.75) is 45.3 Å². The molecule has 4 unspecified atom stereocenters. The Balaban J connectivity index is 0.00000242. The second-order valence-corrected chi connectivity index (χ2v) is 8.53. The van der Waals surface area contributed by atoms with Crippen molar-refractivity contribution >= 4 is 22.6 Å². The predicted molar refractivity (Wildman–Crippen MR) is 90.3 cm³/mol. The average Bonchev–Trinajstić information content (AvgIpc) is 2.45. The summed E-state index contributed by atoms with van der Waals surface area (Å²) in [4.78, 5) is 0. The van der Waals surface area contributed by atoms with E-state index >= 15 is 0 Å². The van der Waals surface area contributed by atoms with E-state index in [2.05, 4.69) is 13.8 Å². The van der Waals surface area contributed by atoms with E-state index in [1.165, 1.54) is 0 Å². The zero-order chi connectivity index (χ0) is 15.6. The minimum Gasteiger partial charge on any atom is -0.381 e. The van der Waals surface area contributed by atoms with Gasteiger partial charge in [0.25, 0.3) is 10.2 Å². The molecule has 4 atom stereocenters. The number of nitrogens with two attached hydrogens (primary N) is 1. The van der Waals surface area contributed by atoms with Crippen LogP contribution in [0.25, 0.3) is 0 Å². The molecule has 2 saturated heterocycles. The molecule has 2 rings (SSSR count). The van der Waals surface area contributed by atoms with Gasteiger partial charge in [-0.15, -0.1) is 12.4 Å². The summed E-state index contributed by atoms with van der Waals surface area (Å²) in [6, 6.07) is -0.152. The Bertz CT molecular complexity index is 439. The maximum absolute atomic E-state index is 13.0. The summed E-state index contributed by atoms with van der Waals surface area (Å²) in [6.07, 6.45) is 2.64. The second kappa shape index (κ2) is 8.26. The number of ether oxygens (including phenoxy) is 1. The van der Waals surface area contributed by atoms with Gasteiger partial charge in [-0.25, -0.2) is 0 Å². The second-order valence-electron chi connectivity index (χ2n) is 6.65. The smallest absolute Gasteiger partial charge is 0.282 e. The number of halogens is 1. The molecule has 0 aromatic rings. The summed E-state index contributed by atoms with van der Waals surface area (Å²) in [5.74, 6) is 0.827. The van der Waals surface area contributed by atoms with E-state index in [1.54, 1.807) is 15.7 Å². The molecule has 8 heteroatoms. The van der Waals surface area contributed by atoms with Gasteiger partial charge in [-0.2, -0.15) is 17.0 Å². The first-order valence-electron chi connectivity index (χ1n) is 7.88. The molecular weight excluding hydrogens is 326 g/mol. The van der Waals surface area contributed by atoms with Crippen LogP contribution in [0, 0.1) is 11.8 Å². The Kier molecular flexibility index (Phi) is 7.56. The molecule has 0 aromatic carbocycles. The molecular formula is C14H30ClN3O3S. The van der Waals surface area contributed by atoms with E-state index in [0.29, 0.717) is 44.4 Å². The lowest BCUT2D eigenvalue weighted by Gasteiger charge is -2.42. The monoisotopic (exact) mass is 355 g/mol. The number of methoxy groups -OCH3 is 1. The summed E-state index contributed by atoms with van der Waals surface area (Å²) in [6.45, 7) is 6.33. The SMILES string of the molecule is COC1CCN(S(=O)(=O)N2CC(C)CC(C)C2)C(CN)C1.Cl. The van der Waals surface area contributed by atoms with Gasteiger partial charge in [0.05, 0.1) is 6.10 Å². The first-order chi connectivity index (χ1) is 9.88. The van der Waals surface area contributed by atoms with Crippen LogP contribution in [0.3, 0.4) is 0 Å². The molecule has 2 fully saturated rings. The van der Waals surface area contributed by atoms with Crippen LogP contribution in [0.5, 0.6) is 0 Å². The topological polar surface area (TPSA) is 75.9 Å². The summed E-state index contributed by atoms with van der Waals surface area (Å²) in [5, 5.41) is 0. The molecule has 0 spiro atoms. The van der Waals surface area contributed by atoms with Crippen LogP contribution in [-0.4, -0.2) is 62.5 Å². The summed E-state index contributed by atoms with van der Waals surface area (Å²) in [7, 11) is -1.74. The molecule has 2 aliphatic rings. The highest BCUT2D eigenvalue weighted by molar-refractivity contribution is 7.86. The summed E-state index contributed by atoms with van der Waals surface area (Å²) >= 11 is 0. The Morgan fingerprint density at radius 1 is 1.18 bits per heavy atom. The highest BCUT2D eigenvalue weighted by atomic mass is 35.5. The van der Waals surface area contributed by atoms with Gasteiger partial charge in [0.1, 0.15) is 0 Å². The highest BCUT2D eigenvalue weighted by Gasteiger charge is 2.40. The molecule has 2 heterocycles. The third kappa shape index (κ3) is 4.33. The molecule has 0 aromatic heterocycles. The third-order valence-electron chi connectivity index (χ3n) is 4.68. The van der Waals surface area contributed by atoms with Crippen LogP contribution in [0.1, 0.15) is 33.1 Å². The zero-order valence-electron chi connectivity index (χ0n) is 13.8. The predicted octanol–water partition coefficient (Wildman–Crippen LogP) is 1.07. The molecule has 132 valence electrons. The number of nitrogens with zero attached hydrogens (tertiary/aromatic N) is 2. The van der Waals surface area contributed by atoms with Crippen molar-refractivity contribution in [1.29, 1.82) is 0 Å². The first kappa shape index (κ1) is 20.1. The molecule has 6 nitrogen and oxygen atoms in total.